The van der Waals surface area contributed by atoms with Gasteiger partial charge in [-0.25, -0.2) is 0 Å². The molecule has 0 aliphatic heterocycles. The van der Waals surface area contributed by atoms with Gasteiger partial charge in [-0.05, 0) is 43.3 Å². The number of benzene rings is 3. The van der Waals surface area contributed by atoms with Crippen LogP contribution in [0.15, 0.2) is 71.6 Å². The van der Waals surface area contributed by atoms with Gasteiger partial charge < -0.3 is 5.32 Å². The molecule has 0 radical (unpaired) electrons. The van der Waals surface area contributed by atoms with Crippen molar-refractivity contribution in [3.8, 4) is 0 Å². The fraction of sp³-hybridized carbons (Fsp3) is 0.0909. The lowest BCUT2D eigenvalue weighted by Crippen LogP contribution is -2.12. The molecule has 0 saturated heterocycles. The molecule has 142 valence electrons. The van der Waals surface area contributed by atoms with E-state index in [1.807, 2.05) is 49.4 Å². The summed E-state index contributed by atoms with van der Waals surface area (Å²) in [6.45, 7) is 1.99. The van der Waals surface area contributed by atoms with Crippen molar-refractivity contribution in [2.45, 2.75) is 11.8 Å². The molecule has 0 aromatic heterocycles. The van der Waals surface area contributed by atoms with Gasteiger partial charge in [-0.2, -0.15) is 0 Å². The smallest absolute Gasteiger partial charge is 0.257 e. The number of carbonyl (C=O) groups excluding carboxylic acids is 2. The highest BCUT2D eigenvalue weighted by molar-refractivity contribution is 8.00. The van der Waals surface area contributed by atoms with Gasteiger partial charge >= 0.3 is 0 Å². The maximum absolute atomic E-state index is 12.4. The Balaban J connectivity index is 1.64. The van der Waals surface area contributed by atoms with Gasteiger partial charge in [0.15, 0.2) is 5.78 Å². The van der Waals surface area contributed by atoms with E-state index in [0.717, 1.165) is 10.5 Å². The van der Waals surface area contributed by atoms with Gasteiger partial charge in [0, 0.05) is 21.2 Å². The quantitative estimate of drug-likeness (QED) is 0.357. The second kappa shape index (κ2) is 9.28. The molecule has 1 amide bonds. The number of nitrogens with one attached hydrogen (secondary N) is 1. The molecule has 0 unspecified atom stereocenters. The van der Waals surface area contributed by atoms with Crippen molar-refractivity contribution in [2.75, 3.05) is 11.1 Å². The third kappa shape index (κ3) is 5.38. The second-order valence-electron chi connectivity index (χ2n) is 6.18. The fourth-order valence-corrected chi connectivity index (χ4v) is 3.85. The van der Waals surface area contributed by atoms with Crippen LogP contribution in [0.1, 0.15) is 26.3 Å². The summed E-state index contributed by atoms with van der Waals surface area (Å²) in [5, 5.41) is 3.58. The summed E-state index contributed by atoms with van der Waals surface area (Å²) >= 11 is 13.4. The minimum absolute atomic E-state index is 0.0624. The second-order valence-corrected chi connectivity index (χ2v) is 8.08. The fourth-order valence-electron chi connectivity index (χ4n) is 2.51. The lowest BCUT2D eigenvalue weighted by atomic mass is 10.1. The Morgan fingerprint density at radius 1 is 0.964 bits per heavy atom. The van der Waals surface area contributed by atoms with Crippen molar-refractivity contribution in [2.24, 2.45) is 0 Å². The zero-order valence-corrected chi connectivity index (χ0v) is 17.4. The summed E-state index contributed by atoms with van der Waals surface area (Å²) in [5.41, 5.74) is 2.79. The van der Waals surface area contributed by atoms with Crippen LogP contribution < -0.4 is 5.32 Å². The van der Waals surface area contributed by atoms with E-state index < -0.39 is 0 Å². The number of ketones is 1. The van der Waals surface area contributed by atoms with E-state index in [0.29, 0.717) is 32.6 Å². The molecule has 3 nitrogen and oxygen atoms in total. The normalized spacial score (nSPS) is 10.5. The first-order chi connectivity index (χ1) is 13.4. The molecular formula is C22H17Cl2NO2S. The van der Waals surface area contributed by atoms with Crippen LogP contribution in [-0.2, 0) is 0 Å². The standard InChI is InChI=1S/C22H17Cl2NO2S/c1-14-5-7-15(8-6-14)21(26)13-28-18-4-2-3-17(12-18)25-22(27)19-10-9-16(23)11-20(19)24/h2-12H,13H2,1H3,(H,25,27). The first-order valence-corrected chi connectivity index (χ1v) is 10.3. The minimum atomic E-state index is -0.320. The van der Waals surface area contributed by atoms with Crippen molar-refractivity contribution in [1.29, 1.82) is 0 Å². The maximum Gasteiger partial charge on any atom is 0.257 e. The highest BCUT2D eigenvalue weighted by Crippen LogP contribution is 2.25. The minimum Gasteiger partial charge on any atom is -0.322 e. The molecule has 0 spiro atoms. The number of thioether (sulfide) groups is 1. The lowest BCUT2D eigenvalue weighted by molar-refractivity contribution is 0.101. The molecule has 0 aliphatic carbocycles. The zero-order chi connectivity index (χ0) is 20.1. The Labute approximate surface area is 178 Å². The van der Waals surface area contributed by atoms with Crippen LogP contribution in [0.4, 0.5) is 5.69 Å². The monoisotopic (exact) mass is 429 g/mol. The Kier molecular flexibility index (Phi) is 6.79. The molecule has 0 aliphatic rings. The predicted octanol–water partition coefficient (Wildman–Crippen LogP) is 6.53. The van der Waals surface area contributed by atoms with Gasteiger partial charge in [0.25, 0.3) is 5.91 Å². The molecule has 0 heterocycles. The Bertz CT molecular complexity index is 1020. The summed E-state index contributed by atoms with van der Waals surface area (Å²) in [5.74, 6) is 0.0654. The Hall–Kier alpha value is -2.27. The zero-order valence-electron chi connectivity index (χ0n) is 15.0. The van der Waals surface area contributed by atoms with Gasteiger partial charge in [-0.1, -0.05) is 59.1 Å². The molecule has 3 aromatic carbocycles. The number of amides is 1. The summed E-state index contributed by atoms with van der Waals surface area (Å²) in [6.07, 6.45) is 0. The molecule has 0 bridgehead atoms. The number of Topliss-reactive ketones (excluding diaryl/α,β-unsaturated/α-hetero) is 1. The number of hydrogen-bond donors (Lipinski definition) is 1. The number of carbonyl (C=O) groups is 2. The van der Waals surface area contributed by atoms with E-state index >= 15 is 0 Å². The molecular weight excluding hydrogens is 413 g/mol. The molecule has 3 aromatic rings. The number of anilines is 1. The molecule has 6 heteroatoms. The number of aryl methyl sites for hydroxylation is 1. The van der Waals surface area contributed by atoms with E-state index in [1.54, 1.807) is 18.2 Å². The molecule has 0 fully saturated rings. The molecule has 0 saturated carbocycles. The van der Waals surface area contributed by atoms with E-state index in [9.17, 15) is 9.59 Å². The first-order valence-electron chi connectivity index (χ1n) is 8.51. The summed E-state index contributed by atoms with van der Waals surface area (Å²) in [7, 11) is 0. The van der Waals surface area contributed by atoms with Crippen molar-refractivity contribution in [1.82, 2.24) is 0 Å². The molecule has 1 N–H and O–H groups in total. The van der Waals surface area contributed by atoms with E-state index in [4.69, 9.17) is 23.2 Å². The van der Waals surface area contributed by atoms with Crippen LogP contribution in [0.5, 0.6) is 0 Å². The van der Waals surface area contributed by atoms with Gasteiger partial charge in [-0.15, -0.1) is 11.8 Å². The largest absolute Gasteiger partial charge is 0.322 e. The van der Waals surface area contributed by atoms with Crippen LogP contribution >= 0.6 is 35.0 Å². The predicted molar refractivity (Wildman–Crippen MR) is 117 cm³/mol. The van der Waals surface area contributed by atoms with E-state index in [1.165, 1.54) is 17.8 Å². The SMILES string of the molecule is Cc1ccc(C(=O)CSc2cccc(NC(=O)c3ccc(Cl)cc3Cl)c2)cc1. The Morgan fingerprint density at radius 3 is 2.43 bits per heavy atom. The van der Waals surface area contributed by atoms with Crippen LogP contribution in [0.25, 0.3) is 0 Å². The van der Waals surface area contributed by atoms with E-state index in [-0.39, 0.29) is 11.7 Å². The first kappa shape index (κ1) is 20.5. The van der Waals surface area contributed by atoms with Crippen LogP contribution in [0.3, 0.4) is 0 Å². The van der Waals surface area contributed by atoms with Crippen molar-refractivity contribution < 1.29 is 9.59 Å². The van der Waals surface area contributed by atoms with Crippen LogP contribution in [0.2, 0.25) is 10.0 Å². The van der Waals surface area contributed by atoms with Gasteiger partial charge in [0.1, 0.15) is 0 Å². The maximum atomic E-state index is 12.4. The topological polar surface area (TPSA) is 46.2 Å². The van der Waals surface area contributed by atoms with Crippen LogP contribution in [0, 0.1) is 6.92 Å². The average molecular weight is 430 g/mol. The van der Waals surface area contributed by atoms with Crippen molar-refractivity contribution in [3.63, 3.8) is 0 Å². The average Bonchev–Trinajstić information content (AvgIpc) is 2.67. The van der Waals surface area contributed by atoms with Gasteiger partial charge in [0.05, 0.1) is 16.3 Å². The van der Waals surface area contributed by atoms with E-state index in [2.05, 4.69) is 5.32 Å². The molecule has 0 atom stereocenters. The highest BCUT2D eigenvalue weighted by atomic mass is 35.5. The third-order valence-electron chi connectivity index (χ3n) is 4.01. The third-order valence-corrected chi connectivity index (χ3v) is 5.55. The highest BCUT2D eigenvalue weighted by Gasteiger charge is 2.12. The van der Waals surface area contributed by atoms with Crippen molar-refractivity contribution in [3.05, 3.63) is 93.5 Å². The lowest BCUT2D eigenvalue weighted by Gasteiger charge is -2.09. The number of rotatable bonds is 6. The summed E-state index contributed by atoms with van der Waals surface area (Å²) in [6, 6.07) is 19.6. The Morgan fingerprint density at radius 2 is 1.71 bits per heavy atom. The van der Waals surface area contributed by atoms with Crippen molar-refractivity contribution >= 4 is 52.3 Å². The number of halogens is 2. The summed E-state index contributed by atoms with van der Waals surface area (Å²) in [4.78, 5) is 25.7. The van der Waals surface area contributed by atoms with Gasteiger partial charge in [0.2, 0.25) is 0 Å². The molecule has 28 heavy (non-hydrogen) atoms. The molecule has 3 rings (SSSR count). The number of hydrogen-bond acceptors (Lipinski definition) is 3. The van der Waals surface area contributed by atoms with Gasteiger partial charge in [-0.3, -0.25) is 9.59 Å². The summed E-state index contributed by atoms with van der Waals surface area (Å²) < 4.78 is 0. The van der Waals surface area contributed by atoms with Crippen LogP contribution in [-0.4, -0.2) is 17.4 Å².